The van der Waals surface area contributed by atoms with Crippen molar-refractivity contribution >= 4 is 46.0 Å². The van der Waals surface area contributed by atoms with E-state index in [4.69, 9.17) is 5.73 Å². The van der Waals surface area contributed by atoms with Gasteiger partial charge in [0.25, 0.3) is 5.91 Å². The number of nitrogens with two attached hydrogens (primary N) is 1. The summed E-state index contributed by atoms with van der Waals surface area (Å²) in [5.74, 6) is 0.518. The van der Waals surface area contributed by atoms with Crippen LogP contribution >= 0.6 is 0 Å². The molecule has 0 radical (unpaired) electrons. The number of nitrogens with zero attached hydrogens (tertiary/aromatic N) is 2. The molecule has 6 N–H and O–H groups in total. The first-order valence-electron chi connectivity index (χ1n) is 9.22. The highest BCUT2D eigenvalue weighted by atomic mass is 16.2. The molecule has 2 aliphatic rings. The Bertz CT molecular complexity index is 1120. The fourth-order valence-electron chi connectivity index (χ4n) is 3.40. The minimum absolute atomic E-state index is 0.0368. The second-order valence-corrected chi connectivity index (χ2v) is 7.15. The Morgan fingerprint density at radius 2 is 2.07 bits per heavy atom. The molecular weight excluding hydrogens is 358 g/mol. The number of benzene rings is 1. The van der Waals surface area contributed by atoms with Crippen LogP contribution in [0.5, 0.6) is 0 Å². The largest absolute Gasteiger partial charge is 0.367 e. The second-order valence-electron chi connectivity index (χ2n) is 7.15. The highest BCUT2D eigenvalue weighted by molar-refractivity contribution is 6.09. The zero-order valence-electron chi connectivity index (χ0n) is 15.0. The molecule has 1 aliphatic carbocycles. The van der Waals surface area contributed by atoms with E-state index in [0.717, 1.165) is 29.8 Å². The molecule has 0 bridgehead atoms. The summed E-state index contributed by atoms with van der Waals surface area (Å²) in [7, 11) is 0. The first kappa shape index (κ1) is 16.5. The zero-order chi connectivity index (χ0) is 19.3. The van der Waals surface area contributed by atoms with Gasteiger partial charge in [-0.1, -0.05) is 0 Å². The minimum atomic E-state index is -0.522. The Hall–Kier alpha value is -3.62. The van der Waals surface area contributed by atoms with Crippen molar-refractivity contribution in [3.63, 3.8) is 0 Å². The van der Waals surface area contributed by atoms with Gasteiger partial charge in [-0.05, 0) is 43.0 Å². The minimum Gasteiger partial charge on any atom is -0.367 e. The number of anilines is 4. The van der Waals surface area contributed by atoms with Crippen molar-refractivity contribution in [2.24, 2.45) is 5.73 Å². The van der Waals surface area contributed by atoms with Gasteiger partial charge in [-0.3, -0.25) is 9.59 Å². The monoisotopic (exact) mass is 377 g/mol. The van der Waals surface area contributed by atoms with Crippen molar-refractivity contribution in [3.05, 3.63) is 35.5 Å². The molecule has 1 saturated carbocycles. The first-order valence-corrected chi connectivity index (χ1v) is 9.22. The van der Waals surface area contributed by atoms with Gasteiger partial charge < -0.3 is 26.7 Å². The van der Waals surface area contributed by atoms with Crippen LogP contribution in [0.25, 0.3) is 11.0 Å². The van der Waals surface area contributed by atoms with Crippen LogP contribution in [0, 0.1) is 0 Å². The van der Waals surface area contributed by atoms with E-state index in [0.29, 0.717) is 47.2 Å². The number of hydrogen-bond acceptors (Lipinski definition) is 6. The third kappa shape index (κ3) is 3.00. The summed E-state index contributed by atoms with van der Waals surface area (Å²) < 4.78 is 0. The summed E-state index contributed by atoms with van der Waals surface area (Å²) in [6, 6.07) is 6.08. The van der Waals surface area contributed by atoms with Gasteiger partial charge in [0, 0.05) is 30.0 Å². The van der Waals surface area contributed by atoms with Crippen LogP contribution < -0.4 is 21.7 Å². The van der Waals surface area contributed by atoms with Crippen molar-refractivity contribution in [1.29, 1.82) is 0 Å². The van der Waals surface area contributed by atoms with Crippen molar-refractivity contribution in [2.45, 2.75) is 31.7 Å². The lowest BCUT2D eigenvalue weighted by atomic mass is 10.0. The number of primary amides is 1. The summed E-state index contributed by atoms with van der Waals surface area (Å²) in [6.45, 7) is 0. The number of aryl methyl sites for hydroxylation is 1. The maximum absolute atomic E-state index is 11.7. The quantitative estimate of drug-likeness (QED) is 0.462. The Morgan fingerprint density at radius 1 is 1.21 bits per heavy atom. The molecule has 0 saturated heterocycles. The van der Waals surface area contributed by atoms with Crippen LogP contribution in [-0.2, 0) is 11.2 Å². The van der Waals surface area contributed by atoms with Crippen molar-refractivity contribution in [3.8, 4) is 0 Å². The fraction of sp³-hybridized carbons (Fsp3) is 0.263. The number of hydrogen-bond donors (Lipinski definition) is 5. The average molecular weight is 377 g/mol. The standard InChI is InChI=1S/C19H19N7O2/c20-16(28)12-8-21-17-15(12)18(22-10-2-3-10)26-19(25-17)23-11-4-5-13-9(7-11)1-6-14(27)24-13/h4-5,7-8,10H,1-3,6H2,(H2,20,28)(H,24,27)(H3,21,22,23,25,26). The molecule has 9 heteroatoms. The number of rotatable bonds is 5. The Labute approximate surface area is 160 Å². The number of carbonyl (C=O) groups excluding carboxylic acids is 2. The molecule has 1 aromatic carbocycles. The van der Waals surface area contributed by atoms with E-state index in [-0.39, 0.29) is 5.91 Å². The molecule has 0 atom stereocenters. The molecule has 1 fully saturated rings. The van der Waals surface area contributed by atoms with E-state index >= 15 is 0 Å². The maximum Gasteiger partial charge on any atom is 0.251 e. The lowest BCUT2D eigenvalue weighted by Gasteiger charge is -2.18. The molecule has 9 nitrogen and oxygen atoms in total. The van der Waals surface area contributed by atoms with E-state index in [1.807, 2.05) is 18.2 Å². The van der Waals surface area contributed by atoms with Gasteiger partial charge in [-0.25, -0.2) is 0 Å². The zero-order valence-corrected chi connectivity index (χ0v) is 15.0. The third-order valence-corrected chi connectivity index (χ3v) is 4.97. The Morgan fingerprint density at radius 3 is 2.86 bits per heavy atom. The Kier molecular flexibility index (Phi) is 3.68. The van der Waals surface area contributed by atoms with Crippen molar-refractivity contribution in [1.82, 2.24) is 15.0 Å². The summed E-state index contributed by atoms with van der Waals surface area (Å²) in [6.07, 6.45) is 4.88. The SMILES string of the molecule is NC(=O)c1c[nH]c2nc(Nc3ccc4c(c3)CCC(=O)N4)nc(NC3CC3)c12. The molecule has 3 heterocycles. The smallest absolute Gasteiger partial charge is 0.251 e. The van der Waals surface area contributed by atoms with Gasteiger partial charge in [0.05, 0.1) is 10.9 Å². The maximum atomic E-state index is 11.7. The van der Waals surface area contributed by atoms with E-state index in [2.05, 4.69) is 30.9 Å². The number of carbonyl (C=O) groups is 2. The second kappa shape index (κ2) is 6.22. The van der Waals surface area contributed by atoms with Crippen LogP contribution in [0.3, 0.4) is 0 Å². The number of H-pyrrole nitrogens is 1. The number of amides is 2. The van der Waals surface area contributed by atoms with Gasteiger partial charge in [-0.15, -0.1) is 0 Å². The molecule has 142 valence electrons. The number of aromatic nitrogens is 3. The van der Waals surface area contributed by atoms with Gasteiger partial charge in [0.15, 0.2) is 0 Å². The number of fused-ring (bicyclic) bond motifs is 2. The van der Waals surface area contributed by atoms with E-state index in [9.17, 15) is 9.59 Å². The summed E-state index contributed by atoms with van der Waals surface area (Å²) in [5.41, 5.74) is 9.13. The molecule has 28 heavy (non-hydrogen) atoms. The average Bonchev–Trinajstić information content (AvgIpc) is 3.37. The van der Waals surface area contributed by atoms with E-state index in [1.165, 1.54) is 0 Å². The fourth-order valence-corrected chi connectivity index (χ4v) is 3.40. The normalized spacial score (nSPS) is 15.8. The Balaban J connectivity index is 1.51. The van der Waals surface area contributed by atoms with Crippen molar-refractivity contribution in [2.75, 3.05) is 16.0 Å². The molecule has 2 aromatic heterocycles. The van der Waals surface area contributed by atoms with Gasteiger partial charge >= 0.3 is 0 Å². The van der Waals surface area contributed by atoms with Crippen LogP contribution in [0.4, 0.5) is 23.1 Å². The van der Waals surface area contributed by atoms with Gasteiger partial charge in [0.1, 0.15) is 11.5 Å². The summed E-state index contributed by atoms with van der Waals surface area (Å²) >= 11 is 0. The summed E-state index contributed by atoms with van der Waals surface area (Å²) in [5, 5.41) is 10.1. The highest BCUT2D eigenvalue weighted by Crippen LogP contribution is 2.32. The molecule has 1 aliphatic heterocycles. The first-order chi connectivity index (χ1) is 13.6. The molecule has 5 rings (SSSR count). The lowest BCUT2D eigenvalue weighted by Crippen LogP contribution is -2.18. The topological polar surface area (TPSA) is 138 Å². The molecule has 2 amide bonds. The van der Waals surface area contributed by atoms with Crippen LogP contribution in [0.15, 0.2) is 24.4 Å². The van der Waals surface area contributed by atoms with Gasteiger partial charge in [0.2, 0.25) is 11.9 Å². The predicted octanol–water partition coefficient (Wildman–Crippen LogP) is 2.26. The summed E-state index contributed by atoms with van der Waals surface area (Å²) in [4.78, 5) is 35.3. The van der Waals surface area contributed by atoms with E-state index in [1.54, 1.807) is 6.20 Å². The molecular formula is C19H19N7O2. The van der Waals surface area contributed by atoms with Crippen LogP contribution in [0.1, 0.15) is 35.2 Å². The van der Waals surface area contributed by atoms with Gasteiger partial charge in [-0.2, -0.15) is 9.97 Å². The van der Waals surface area contributed by atoms with E-state index < -0.39 is 5.91 Å². The van der Waals surface area contributed by atoms with Crippen LogP contribution in [-0.4, -0.2) is 32.8 Å². The number of nitrogens with one attached hydrogen (secondary N) is 4. The lowest BCUT2D eigenvalue weighted by molar-refractivity contribution is -0.116. The highest BCUT2D eigenvalue weighted by Gasteiger charge is 2.25. The predicted molar refractivity (Wildman–Crippen MR) is 106 cm³/mol. The van der Waals surface area contributed by atoms with Crippen LogP contribution in [0.2, 0.25) is 0 Å². The molecule has 0 unspecified atom stereocenters. The number of aromatic amines is 1. The molecule has 0 spiro atoms. The third-order valence-electron chi connectivity index (χ3n) is 4.97. The molecule has 3 aromatic rings. The van der Waals surface area contributed by atoms with Crippen molar-refractivity contribution < 1.29 is 9.59 Å².